The molecule has 0 unspecified atom stereocenters. The molecule has 4 rings (SSSR count). The van der Waals surface area contributed by atoms with Gasteiger partial charge >= 0.3 is 0 Å². The summed E-state index contributed by atoms with van der Waals surface area (Å²) in [6, 6.07) is 11.6. The number of carbonyl (C=O) groups excluding carboxylic acids is 2. The van der Waals surface area contributed by atoms with Crippen molar-refractivity contribution in [3.8, 4) is 5.69 Å². The van der Waals surface area contributed by atoms with Crippen molar-refractivity contribution in [2.24, 2.45) is 0 Å². The second-order valence-electron chi connectivity index (χ2n) is 7.20. The zero-order valence-corrected chi connectivity index (χ0v) is 16.0. The van der Waals surface area contributed by atoms with Crippen molar-refractivity contribution < 1.29 is 14.3 Å². The third-order valence-electron chi connectivity index (χ3n) is 5.40. The van der Waals surface area contributed by atoms with E-state index in [0.717, 1.165) is 18.8 Å². The van der Waals surface area contributed by atoms with Crippen molar-refractivity contribution in [2.45, 2.75) is 0 Å². The van der Waals surface area contributed by atoms with E-state index in [1.165, 1.54) is 0 Å². The monoisotopic (exact) mass is 382 g/mol. The van der Waals surface area contributed by atoms with E-state index in [2.05, 4.69) is 4.90 Å². The van der Waals surface area contributed by atoms with Crippen LogP contribution in [0.15, 0.2) is 48.8 Å². The number of hydrogen-bond acceptors (Lipinski definition) is 4. The standard InChI is InChI=1S/C21H26N4O3/c26-20(24-13-15-28-16-14-24)17-22-9-11-25(12-10-22)21(27)18-3-5-19(6-4-18)23-7-1-2-8-23/h1-8H,9-17H2. The van der Waals surface area contributed by atoms with Gasteiger partial charge in [-0.3, -0.25) is 14.5 Å². The van der Waals surface area contributed by atoms with Crippen molar-refractivity contribution in [1.82, 2.24) is 19.3 Å². The number of hydrogen-bond donors (Lipinski definition) is 0. The molecule has 2 aliphatic heterocycles. The van der Waals surface area contributed by atoms with Gasteiger partial charge in [0.2, 0.25) is 5.91 Å². The van der Waals surface area contributed by atoms with Crippen molar-refractivity contribution >= 4 is 11.8 Å². The number of amides is 2. The molecule has 0 N–H and O–H groups in total. The summed E-state index contributed by atoms with van der Waals surface area (Å²) in [6.45, 7) is 5.77. The third-order valence-corrected chi connectivity index (χ3v) is 5.40. The number of rotatable bonds is 4. The maximum Gasteiger partial charge on any atom is 0.253 e. The quantitative estimate of drug-likeness (QED) is 0.795. The van der Waals surface area contributed by atoms with Crippen molar-refractivity contribution in [2.75, 3.05) is 59.0 Å². The lowest BCUT2D eigenvalue weighted by Gasteiger charge is -2.36. The Balaban J connectivity index is 1.28. The Labute approximate surface area is 165 Å². The lowest BCUT2D eigenvalue weighted by atomic mass is 10.1. The van der Waals surface area contributed by atoms with Crippen molar-refractivity contribution in [1.29, 1.82) is 0 Å². The van der Waals surface area contributed by atoms with Gasteiger partial charge in [-0.25, -0.2) is 0 Å². The number of aromatic nitrogens is 1. The van der Waals surface area contributed by atoms with Crippen LogP contribution in [0.4, 0.5) is 0 Å². The number of morpholine rings is 1. The average molecular weight is 382 g/mol. The molecule has 0 aliphatic carbocycles. The second-order valence-corrected chi connectivity index (χ2v) is 7.20. The zero-order valence-electron chi connectivity index (χ0n) is 16.0. The molecule has 1 aromatic heterocycles. The van der Waals surface area contributed by atoms with E-state index in [9.17, 15) is 9.59 Å². The molecule has 28 heavy (non-hydrogen) atoms. The molecule has 2 aromatic rings. The number of carbonyl (C=O) groups is 2. The number of ether oxygens (including phenoxy) is 1. The Morgan fingerprint density at radius 2 is 1.46 bits per heavy atom. The van der Waals surface area contributed by atoms with Crippen LogP contribution in [0.25, 0.3) is 5.69 Å². The van der Waals surface area contributed by atoms with E-state index in [1.54, 1.807) is 0 Å². The summed E-state index contributed by atoms with van der Waals surface area (Å²) >= 11 is 0. The van der Waals surface area contributed by atoms with Crippen LogP contribution >= 0.6 is 0 Å². The molecular weight excluding hydrogens is 356 g/mol. The topological polar surface area (TPSA) is 58.0 Å². The van der Waals surface area contributed by atoms with Crippen LogP contribution in [0.3, 0.4) is 0 Å². The lowest BCUT2D eigenvalue weighted by molar-refractivity contribution is -0.136. The highest BCUT2D eigenvalue weighted by atomic mass is 16.5. The molecule has 0 bridgehead atoms. The first kappa shape index (κ1) is 18.7. The van der Waals surface area contributed by atoms with Crippen LogP contribution in [-0.2, 0) is 9.53 Å². The molecule has 2 fully saturated rings. The van der Waals surface area contributed by atoms with Crippen LogP contribution < -0.4 is 0 Å². The lowest BCUT2D eigenvalue weighted by Crippen LogP contribution is -2.52. The minimum atomic E-state index is 0.0539. The Hall–Kier alpha value is -2.64. The van der Waals surface area contributed by atoms with Gasteiger partial charge in [-0.2, -0.15) is 0 Å². The van der Waals surface area contributed by atoms with Crippen molar-refractivity contribution in [3.63, 3.8) is 0 Å². The molecule has 3 heterocycles. The Morgan fingerprint density at radius 3 is 2.11 bits per heavy atom. The maximum absolute atomic E-state index is 12.8. The summed E-state index contributed by atoms with van der Waals surface area (Å²) < 4.78 is 7.31. The average Bonchev–Trinajstić information content (AvgIpc) is 3.29. The number of piperazine rings is 1. The van der Waals surface area contributed by atoms with E-state index in [4.69, 9.17) is 4.74 Å². The predicted molar refractivity (Wildman–Crippen MR) is 106 cm³/mol. The molecule has 0 spiro atoms. The largest absolute Gasteiger partial charge is 0.378 e. The van der Waals surface area contributed by atoms with E-state index in [-0.39, 0.29) is 11.8 Å². The fourth-order valence-electron chi connectivity index (χ4n) is 3.68. The first-order valence-electron chi connectivity index (χ1n) is 9.81. The molecule has 7 heteroatoms. The van der Waals surface area contributed by atoms with E-state index in [1.807, 2.05) is 63.2 Å². The Morgan fingerprint density at radius 1 is 0.821 bits per heavy atom. The molecule has 148 valence electrons. The van der Waals surface area contributed by atoms with Gasteiger partial charge in [0.05, 0.1) is 19.8 Å². The minimum absolute atomic E-state index is 0.0539. The van der Waals surface area contributed by atoms with Crippen LogP contribution in [0, 0.1) is 0 Å². The summed E-state index contributed by atoms with van der Waals surface area (Å²) in [7, 11) is 0. The molecule has 0 atom stereocenters. The second kappa shape index (κ2) is 8.58. The number of nitrogens with zero attached hydrogens (tertiary/aromatic N) is 4. The van der Waals surface area contributed by atoms with Gasteiger partial charge in [0.25, 0.3) is 5.91 Å². The van der Waals surface area contributed by atoms with Gasteiger partial charge < -0.3 is 19.1 Å². The van der Waals surface area contributed by atoms with Crippen LogP contribution in [0.5, 0.6) is 0 Å². The molecule has 7 nitrogen and oxygen atoms in total. The van der Waals surface area contributed by atoms with Gasteiger partial charge in [0.15, 0.2) is 0 Å². The highest BCUT2D eigenvalue weighted by molar-refractivity contribution is 5.94. The minimum Gasteiger partial charge on any atom is -0.378 e. The van der Waals surface area contributed by atoms with Gasteiger partial charge in [-0.1, -0.05) is 0 Å². The molecule has 2 aliphatic rings. The third kappa shape index (κ3) is 4.26. The van der Waals surface area contributed by atoms with Gasteiger partial charge in [0.1, 0.15) is 0 Å². The summed E-state index contributed by atoms with van der Waals surface area (Å²) in [5.41, 5.74) is 1.74. The van der Waals surface area contributed by atoms with E-state index >= 15 is 0 Å². The fraction of sp³-hybridized carbons (Fsp3) is 0.429. The highest BCUT2D eigenvalue weighted by Gasteiger charge is 2.25. The molecule has 2 saturated heterocycles. The van der Waals surface area contributed by atoms with Crippen LogP contribution in [0.2, 0.25) is 0 Å². The van der Waals surface area contributed by atoms with E-state index in [0.29, 0.717) is 51.5 Å². The summed E-state index contributed by atoms with van der Waals surface area (Å²) in [5, 5.41) is 0. The maximum atomic E-state index is 12.8. The van der Waals surface area contributed by atoms with Gasteiger partial charge in [0, 0.05) is 62.9 Å². The summed E-state index contributed by atoms with van der Waals surface area (Å²) in [5.74, 6) is 0.210. The fourth-order valence-corrected chi connectivity index (χ4v) is 3.68. The molecule has 0 radical (unpaired) electrons. The Kier molecular flexibility index (Phi) is 5.73. The Bertz CT molecular complexity index is 790. The first-order chi connectivity index (χ1) is 13.7. The van der Waals surface area contributed by atoms with Crippen LogP contribution in [0.1, 0.15) is 10.4 Å². The van der Waals surface area contributed by atoms with Gasteiger partial charge in [-0.15, -0.1) is 0 Å². The molecular formula is C21H26N4O3. The SMILES string of the molecule is O=C(CN1CCN(C(=O)c2ccc(-n3cccc3)cc2)CC1)N1CCOCC1. The van der Waals surface area contributed by atoms with Gasteiger partial charge in [-0.05, 0) is 36.4 Å². The highest BCUT2D eigenvalue weighted by Crippen LogP contribution is 2.13. The number of benzene rings is 1. The predicted octanol–water partition coefficient (Wildman–Crippen LogP) is 1.09. The smallest absolute Gasteiger partial charge is 0.253 e. The molecule has 0 saturated carbocycles. The molecule has 1 aromatic carbocycles. The zero-order chi connectivity index (χ0) is 19.3. The van der Waals surface area contributed by atoms with E-state index < -0.39 is 0 Å². The summed E-state index contributed by atoms with van der Waals surface area (Å²) in [6.07, 6.45) is 3.96. The normalized spacial score (nSPS) is 18.3. The van der Waals surface area contributed by atoms with Crippen molar-refractivity contribution in [3.05, 3.63) is 54.4 Å². The van der Waals surface area contributed by atoms with Crippen LogP contribution in [-0.4, -0.2) is 90.1 Å². The first-order valence-corrected chi connectivity index (χ1v) is 9.81. The molecule has 2 amide bonds. The summed E-state index contributed by atoms with van der Waals surface area (Å²) in [4.78, 5) is 31.0.